The number of rotatable bonds is 4. The fourth-order valence-electron chi connectivity index (χ4n) is 1.90. The lowest BCUT2D eigenvalue weighted by molar-refractivity contribution is -0.108. The van der Waals surface area contributed by atoms with Gasteiger partial charge >= 0.3 is 0 Å². The maximum atomic E-state index is 9.57. The van der Waals surface area contributed by atoms with E-state index in [2.05, 4.69) is 15.3 Å². The summed E-state index contributed by atoms with van der Waals surface area (Å²) in [4.78, 5) is 18.0. The number of aldehydes is 1. The molecule has 2 aromatic heterocycles. The van der Waals surface area contributed by atoms with E-state index in [1.54, 1.807) is 13.2 Å². The molecule has 0 aliphatic heterocycles. The van der Waals surface area contributed by atoms with Crippen LogP contribution in [-0.4, -0.2) is 29.5 Å². The van der Waals surface area contributed by atoms with Crippen molar-refractivity contribution in [2.24, 2.45) is 11.7 Å². The molecule has 0 unspecified atom stereocenters. The van der Waals surface area contributed by atoms with Crippen molar-refractivity contribution in [3.8, 4) is 0 Å². The zero-order valence-corrected chi connectivity index (χ0v) is 12.9. The summed E-state index contributed by atoms with van der Waals surface area (Å²) < 4.78 is 0. The molecule has 120 valence electrons. The van der Waals surface area contributed by atoms with E-state index < -0.39 is 0 Å². The molecule has 3 rings (SSSR count). The molecule has 0 saturated heterocycles. The van der Waals surface area contributed by atoms with Crippen LogP contribution >= 0.6 is 0 Å². The van der Waals surface area contributed by atoms with Gasteiger partial charge in [0.2, 0.25) is 0 Å². The number of anilines is 2. The minimum absolute atomic E-state index is 0.374. The fraction of sp³-hybridized carbons (Fsp3) is 0.250. The molecule has 0 atom stereocenters. The number of fused-ring (bicyclic) bond motifs is 1. The van der Waals surface area contributed by atoms with Crippen LogP contribution in [0, 0.1) is 11.3 Å². The third kappa shape index (κ3) is 4.03. The Kier molecular flexibility index (Phi) is 5.24. The molecule has 1 saturated carbocycles. The van der Waals surface area contributed by atoms with E-state index in [-0.39, 0.29) is 0 Å². The molecule has 2 heterocycles. The minimum atomic E-state index is 0.374. The van der Waals surface area contributed by atoms with Gasteiger partial charge in [0, 0.05) is 42.5 Å². The number of allylic oxidation sites excluding steroid dienone is 1. The van der Waals surface area contributed by atoms with Crippen LogP contribution in [0.25, 0.3) is 16.3 Å². The van der Waals surface area contributed by atoms with Crippen LogP contribution in [-0.2, 0) is 4.79 Å². The van der Waals surface area contributed by atoms with Gasteiger partial charge in [-0.05, 0) is 30.4 Å². The number of carbonyl (C=O) groups excluding carboxylic acids is 1. The average Bonchev–Trinajstić information content (AvgIpc) is 3.40. The van der Waals surface area contributed by atoms with E-state index in [1.165, 1.54) is 6.20 Å². The first kappa shape index (κ1) is 16.4. The maximum absolute atomic E-state index is 9.57. The van der Waals surface area contributed by atoms with Gasteiger partial charge in [-0.1, -0.05) is 0 Å². The van der Waals surface area contributed by atoms with Crippen LogP contribution in [0.2, 0.25) is 0 Å². The van der Waals surface area contributed by atoms with Crippen LogP contribution in [0.4, 0.5) is 11.6 Å². The number of nitrogen functional groups attached to an aromatic ring is 1. The van der Waals surface area contributed by atoms with Gasteiger partial charge in [0.15, 0.2) is 0 Å². The molecule has 1 aliphatic carbocycles. The third-order valence-corrected chi connectivity index (χ3v) is 3.45. The second kappa shape index (κ2) is 7.35. The summed E-state index contributed by atoms with van der Waals surface area (Å²) in [5, 5.41) is 11.9. The molecule has 1 aliphatic rings. The predicted octanol–water partition coefficient (Wildman–Crippen LogP) is 1.80. The lowest BCUT2D eigenvalue weighted by atomic mass is 10.1. The standard InChI is InChI=1S/C12H14N6.C4H6O/c1-16-11-3-7-2-10(8(4-13)5-14)18-12(15)9(7)6-17-11;5-3-4-1-2-4/h2-6,13H,14H2,1H3,(H2,15,18)(H,16,17);3-4H,1-2H2/b8-5+,13-4?;. The van der Waals surface area contributed by atoms with E-state index in [4.69, 9.17) is 16.9 Å². The van der Waals surface area contributed by atoms with Gasteiger partial charge in [-0.25, -0.2) is 9.97 Å². The summed E-state index contributed by atoms with van der Waals surface area (Å²) in [5.41, 5.74) is 12.4. The third-order valence-electron chi connectivity index (χ3n) is 3.45. The molecule has 0 amide bonds. The van der Waals surface area contributed by atoms with E-state index in [0.717, 1.165) is 41.9 Å². The number of hydrogen-bond donors (Lipinski definition) is 4. The quantitative estimate of drug-likeness (QED) is 0.503. The number of hydrogen-bond acceptors (Lipinski definition) is 7. The highest BCUT2D eigenvalue weighted by Crippen LogP contribution is 2.25. The van der Waals surface area contributed by atoms with E-state index in [1.807, 2.05) is 12.1 Å². The molecule has 23 heavy (non-hydrogen) atoms. The van der Waals surface area contributed by atoms with Crippen molar-refractivity contribution in [1.82, 2.24) is 9.97 Å². The second-order valence-corrected chi connectivity index (χ2v) is 5.17. The molecule has 2 aromatic rings. The zero-order chi connectivity index (χ0) is 16.8. The van der Waals surface area contributed by atoms with Crippen molar-refractivity contribution in [3.05, 3.63) is 30.2 Å². The first-order chi connectivity index (χ1) is 11.1. The summed E-state index contributed by atoms with van der Waals surface area (Å²) in [6, 6.07) is 3.70. The molecule has 6 N–H and O–H groups in total. The number of nitrogens with one attached hydrogen (secondary N) is 2. The Labute approximate surface area is 134 Å². The Balaban J connectivity index is 0.000000326. The summed E-state index contributed by atoms with van der Waals surface area (Å²) in [5.74, 6) is 1.57. The molecule has 1 fully saturated rings. The van der Waals surface area contributed by atoms with Gasteiger partial charge < -0.3 is 27.0 Å². The molecular formula is C16H20N6O. The molecule has 7 nitrogen and oxygen atoms in total. The molecule has 0 bridgehead atoms. The SMILES string of the molecule is CNc1cc2cc(/C(C=N)=C/N)nc(N)c2cn1.O=CC1CC1. The van der Waals surface area contributed by atoms with Gasteiger partial charge in [0.05, 0.1) is 5.69 Å². The summed E-state index contributed by atoms with van der Waals surface area (Å²) >= 11 is 0. The largest absolute Gasteiger partial charge is 0.404 e. The first-order valence-corrected chi connectivity index (χ1v) is 7.25. The lowest BCUT2D eigenvalue weighted by Crippen LogP contribution is -2.00. The average molecular weight is 312 g/mol. The van der Waals surface area contributed by atoms with Crippen LogP contribution in [0.15, 0.2) is 24.5 Å². The van der Waals surface area contributed by atoms with Crippen molar-refractivity contribution < 1.29 is 4.79 Å². The van der Waals surface area contributed by atoms with Crippen molar-refractivity contribution in [2.45, 2.75) is 12.8 Å². The topological polar surface area (TPSA) is 131 Å². The summed E-state index contributed by atoms with van der Waals surface area (Å²) in [6.07, 6.45) is 7.46. The second-order valence-electron chi connectivity index (χ2n) is 5.17. The highest BCUT2D eigenvalue weighted by atomic mass is 16.1. The Morgan fingerprint density at radius 3 is 2.65 bits per heavy atom. The Hall–Kier alpha value is -2.96. The summed E-state index contributed by atoms with van der Waals surface area (Å²) in [7, 11) is 1.79. The summed E-state index contributed by atoms with van der Waals surface area (Å²) in [6.45, 7) is 0. The van der Waals surface area contributed by atoms with Gasteiger partial charge in [0.25, 0.3) is 0 Å². The lowest BCUT2D eigenvalue weighted by Gasteiger charge is -2.07. The molecule has 7 heteroatoms. The normalized spacial score (nSPS) is 13.9. The van der Waals surface area contributed by atoms with Gasteiger partial charge in [-0.15, -0.1) is 0 Å². The Morgan fingerprint density at radius 1 is 1.43 bits per heavy atom. The van der Waals surface area contributed by atoms with Crippen molar-refractivity contribution in [2.75, 3.05) is 18.1 Å². The highest BCUT2D eigenvalue weighted by molar-refractivity contribution is 6.09. The highest BCUT2D eigenvalue weighted by Gasteiger charge is 2.18. The fourth-order valence-corrected chi connectivity index (χ4v) is 1.90. The molecule has 0 aromatic carbocycles. The van der Waals surface area contributed by atoms with Crippen molar-refractivity contribution in [1.29, 1.82) is 5.41 Å². The van der Waals surface area contributed by atoms with Crippen LogP contribution in [0.5, 0.6) is 0 Å². The van der Waals surface area contributed by atoms with E-state index >= 15 is 0 Å². The molecular weight excluding hydrogens is 292 g/mol. The van der Waals surface area contributed by atoms with Crippen LogP contribution in [0.1, 0.15) is 18.5 Å². The van der Waals surface area contributed by atoms with Gasteiger partial charge in [-0.2, -0.15) is 0 Å². The van der Waals surface area contributed by atoms with Crippen molar-refractivity contribution >= 4 is 40.5 Å². The Morgan fingerprint density at radius 2 is 2.17 bits per heavy atom. The van der Waals surface area contributed by atoms with Gasteiger partial charge in [-0.3, -0.25) is 0 Å². The number of pyridine rings is 2. The van der Waals surface area contributed by atoms with Crippen LogP contribution in [0.3, 0.4) is 0 Å². The smallest absolute Gasteiger partial charge is 0.133 e. The zero-order valence-electron chi connectivity index (χ0n) is 12.9. The monoisotopic (exact) mass is 312 g/mol. The number of nitrogens with two attached hydrogens (primary N) is 2. The number of carbonyl (C=O) groups is 1. The first-order valence-electron chi connectivity index (χ1n) is 7.25. The van der Waals surface area contributed by atoms with Crippen LogP contribution < -0.4 is 16.8 Å². The number of aromatic nitrogens is 2. The maximum Gasteiger partial charge on any atom is 0.133 e. The molecule has 0 spiro atoms. The Bertz CT molecular complexity index is 752. The van der Waals surface area contributed by atoms with Gasteiger partial charge in [0.1, 0.15) is 17.9 Å². The minimum Gasteiger partial charge on any atom is -0.404 e. The predicted molar refractivity (Wildman–Crippen MR) is 93.2 cm³/mol. The molecule has 0 radical (unpaired) electrons. The number of nitrogens with zero attached hydrogens (tertiary/aromatic N) is 2. The van der Waals surface area contributed by atoms with E-state index in [9.17, 15) is 4.79 Å². The van der Waals surface area contributed by atoms with E-state index in [0.29, 0.717) is 23.0 Å². The van der Waals surface area contributed by atoms with Crippen molar-refractivity contribution in [3.63, 3.8) is 0 Å².